The Morgan fingerprint density at radius 2 is 2.14 bits per heavy atom. The number of rotatable bonds is 6. The molecule has 0 bridgehead atoms. The van der Waals surface area contributed by atoms with Crippen LogP contribution >= 0.6 is 0 Å². The number of amides is 1. The van der Waals surface area contributed by atoms with Gasteiger partial charge in [-0.3, -0.25) is 4.79 Å². The minimum atomic E-state index is -0.0514. The highest BCUT2D eigenvalue weighted by Gasteiger charge is 2.56. The highest BCUT2D eigenvalue weighted by molar-refractivity contribution is 5.92. The first kappa shape index (κ1) is 18.9. The standard InChI is InChI=1S/C22H27N3O3/c1-2-28-20-15-19(22(20)9-13-27-14-10-22)24-21(26)8-5-17-3-6-18(7-4-17)25-12-11-23-16-25/h3-8,11-12,16,19-20H,2,9-10,13-15H2,1H3,(H,24,26). The molecule has 1 aliphatic heterocycles. The number of benzene rings is 1. The van der Waals surface area contributed by atoms with Gasteiger partial charge in [0.05, 0.1) is 12.4 Å². The lowest BCUT2D eigenvalue weighted by atomic mass is 9.57. The lowest BCUT2D eigenvalue weighted by Gasteiger charge is -2.57. The van der Waals surface area contributed by atoms with Crippen LogP contribution in [-0.2, 0) is 14.3 Å². The van der Waals surface area contributed by atoms with E-state index in [2.05, 4.69) is 10.3 Å². The molecule has 148 valence electrons. The van der Waals surface area contributed by atoms with Crippen LogP contribution in [0.4, 0.5) is 0 Å². The molecule has 2 atom stereocenters. The first-order valence-corrected chi connectivity index (χ1v) is 9.97. The number of hydrogen-bond acceptors (Lipinski definition) is 4. The maximum Gasteiger partial charge on any atom is 0.244 e. The van der Waals surface area contributed by atoms with E-state index < -0.39 is 0 Å². The largest absolute Gasteiger partial charge is 0.381 e. The van der Waals surface area contributed by atoms with Crippen molar-refractivity contribution in [1.29, 1.82) is 0 Å². The fourth-order valence-corrected chi connectivity index (χ4v) is 4.37. The molecular formula is C22H27N3O3. The first-order chi connectivity index (χ1) is 13.7. The molecule has 1 aliphatic carbocycles. The number of imidazole rings is 1. The van der Waals surface area contributed by atoms with Crippen molar-refractivity contribution in [2.75, 3.05) is 19.8 Å². The summed E-state index contributed by atoms with van der Waals surface area (Å²) in [4.78, 5) is 16.5. The second-order valence-electron chi connectivity index (χ2n) is 7.48. The van der Waals surface area contributed by atoms with Gasteiger partial charge in [-0.2, -0.15) is 0 Å². The molecule has 1 aromatic heterocycles. The van der Waals surface area contributed by atoms with E-state index in [1.54, 1.807) is 18.6 Å². The highest BCUT2D eigenvalue weighted by atomic mass is 16.5. The Morgan fingerprint density at radius 3 is 2.82 bits per heavy atom. The second-order valence-corrected chi connectivity index (χ2v) is 7.48. The lowest BCUT2D eigenvalue weighted by molar-refractivity contribution is -0.174. The molecule has 28 heavy (non-hydrogen) atoms. The van der Waals surface area contributed by atoms with Gasteiger partial charge in [-0.1, -0.05) is 12.1 Å². The molecule has 2 fully saturated rings. The van der Waals surface area contributed by atoms with Gasteiger partial charge in [-0.05, 0) is 50.0 Å². The third-order valence-corrected chi connectivity index (χ3v) is 6.02. The van der Waals surface area contributed by atoms with Gasteiger partial charge in [0.25, 0.3) is 0 Å². The van der Waals surface area contributed by atoms with Crippen molar-refractivity contribution in [2.45, 2.75) is 38.3 Å². The predicted molar refractivity (Wildman–Crippen MR) is 107 cm³/mol. The summed E-state index contributed by atoms with van der Waals surface area (Å²) in [6.07, 6.45) is 11.9. The van der Waals surface area contributed by atoms with Gasteiger partial charge >= 0.3 is 0 Å². The van der Waals surface area contributed by atoms with Gasteiger partial charge in [-0.15, -0.1) is 0 Å². The summed E-state index contributed by atoms with van der Waals surface area (Å²) in [7, 11) is 0. The molecule has 1 N–H and O–H groups in total. The van der Waals surface area contributed by atoms with Crippen LogP contribution < -0.4 is 5.32 Å². The fourth-order valence-electron chi connectivity index (χ4n) is 4.37. The monoisotopic (exact) mass is 381 g/mol. The van der Waals surface area contributed by atoms with Crippen LogP contribution in [0.1, 0.15) is 31.7 Å². The molecule has 6 nitrogen and oxygen atoms in total. The molecule has 1 saturated carbocycles. The Kier molecular flexibility index (Phi) is 5.59. The molecule has 2 aliphatic rings. The van der Waals surface area contributed by atoms with Gasteiger partial charge in [0.2, 0.25) is 5.91 Å². The van der Waals surface area contributed by atoms with E-state index in [9.17, 15) is 4.79 Å². The SMILES string of the molecule is CCOC1CC(NC(=O)C=Cc2ccc(-n3ccnc3)cc2)C12CCOCC2. The number of aromatic nitrogens is 2. The van der Waals surface area contributed by atoms with Gasteiger partial charge in [0.15, 0.2) is 0 Å². The van der Waals surface area contributed by atoms with Crippen molar-refractivity contribution in [3.63, 3.8) is 0 Å². The number of hydrogen-bond donors (Lipinski definition) is 1. The Hall–Kier alpha value is -2.44. The van der Waals surface area contributed by atoms with Crippen LogP contribution in [0, 0.1) is 5.41 Å². The van der Waals surface area contributed by atoms with Crippen molar-refractivity contribution in [2.24, 2.45) is 5.41 Å². The van der Waals surface area contributed by atoms with Crippen molar-refractivity contribution >= 4 is 12.0 Å². The maximum absolute atomic E-state index is 12.5. The Labute approximate surface area is 165 Å². The minimum absolute atomic E-state index is 0.0320. The molecule has 2 aromatic rings. The molecule has 0 radical (unpaired) electrons. The van der Waals surface area contributed by atoms with Crippen molar-refractivity contribution in [1.82, 2.24) is 14.9 Å². The molecule has 1 amide bonds. The molecule has 2 heterocycles. The van der Waals surface area contributed by atoms with E-state index >= 15 is 0 Å². The van der Waals surface area contributed by atoms with Crippen molar-refractivity contribution < 1.29 is 14.3 Å². The predicted octanol–water partition coefficient (Wildman–Crippen LogP) is 2.98. The third-order valence-electron chi connectivity index (χ3n) is 6.02. The number of nitrogens with one attached hydrogen (secondary N) is 1. The third kappa shape index (κ3) is 3.75. The van der Waals surface area contributed by atoms with E-state index in [1.807, 2.05) is 48.0 Å². The van der Waals surface area contributed by atoms with Gasteiger partial charge in [0.1, 0.15) is 0 Å². The van der Waals surface area contributed by atoms with Crippen LogP contribution in [0.2, 0.25) is 0 Å². The van der Waals surface area contributed by atoms with Crippen LogP contribution in [0.15, 0.2) is 49.1 Å². The first-order valence-electron chi connectivity index (χ1n) is 9.97. The van der Waals surface area contributed by atoms with E-state index in [0.29, 0.717) is 6.61 Å². The van der Waals surface area contributed by atoms with Crippen LogP contribution in [0.3, 0.4) is 0 Å². The molecule has 6 heteroatoms. The fraction of sp³-hybridized carbons (Fsp3) is 0.455. The maximum atomic E-state index is 12.5. The topological polar surface area (TPSA) is 65.4 Å². The quantitative estimate of drug-likeness (QED) is 0.782. The van der Waals surface area contributed by atoms with Crippen molar-refractivity contribution in [3.8, 4) is 5.69 Å². The van der Waals surface area contributed by atoms with E-state index in [1.165, 1.54) is 0 Å². The van der Waals surface area contributed by atoms with Crippen LogP contribution in [0.25, 0.3) is 11.8 Å². The van der Waals surface area contributed by atoms with E-state index in [0.717, 1.165) is 43.7 Å². The summed E-state index contributed by atoms with van der Waals surface area (Å²) >= 11 is 0. The summed E-state index contributed by atoms with van der Waals surface area (Å²) in [5.74, 6) is -0.0514. The minimum Gasteiger partial charge on any atom is -0.381 e. The van der Waals surface area contributed by atoms with Gasteiger partial charge in [0, 0.05) is 55.4 Å². The number of nitrogens with zero attached hydrogens (tertiary/aromatic N) is 2. The molecule has 1 aromatic carbocycles. The summed E-state index contributed by atoms with van der Waals surface area (Å²) < 4.78 is 13.4. The normalized spacial score (nSPS) is 23.6. The summed E-state index contributed by atoms with van der Waals surface area (Å²) in [5.41, 5.74) is 2.06. The Morgan fingerprint density at radius 1 is 1.36 bits per heavy atom. The van der Waals surface area contributed by atoms with Crippen LogP contribution in [-0.4, -0.2) is 47.4 Å². The second kappa shape index (κ2) is 8.29. The highest BCUT2D eigenvalue weighted by Crippen LogP contribution is 2.50. The number of ether oxygens (including phenoxy) is 2. The lowest BCUT2D eigenvalue weighted by Crippen LogP contribution is -2.66. The zero-order valence-corrected chi connectivity index (χ0v) is 16.2. The van der Waals surface area contributed by atoms with E-state index in [4.69, 9.17) is 9.47 Å². The summed E-state index contributed by atoms with van der Waals surface area (Å²) in [5, 5.41) is 3.20. The zero-order valence-electron chi connectivity index (χ0n) is 16.2. The average Bonchev–Trinajstić information content (AvgIpc) is 3.27. The summed E-state index contributed by atoms with van der Waals surface area (Å²) in [6, 6.07) is 8.17. The number of carbonyl (C=O) groups is 1. The van der Waals surface area contributed by atoms with Crippen molar-refractivity contribution in [3.05, 3.63) is 54.6 Å². The molecule has 2 unspecified atom stereocenters. The van der Waals surface area contributed by atoms with Gasteiger partial charge < -0.3 is 19.4 Å². The zero-order chi connectivity index (χ0) is 19.4. The van der Waals surface area contributed by atoms with Gasteiger partial charge in [-0.25, -0.2) is 4.98 Å². The molecular weight excluding hydrogens is 354 g/mol. The average molecular weight is 381 g/mol. The molecule has 1 spiro atoms. The smallest absolute Gasteiger partial charge is 0.244 e. The molecule has 4 rings (SSSR count). The van der Waals surface area contributed by atoms with E-state index in [-0.39, 0.29) is 23.5 Å². The molecule has 1 saturated heterocycles. The van der Waals surface area contributed by atoms with Crippen LogP contribution in [0.5, 0.6) is 0 Å². The Balaban J connectivity index is 1.36. The number of carbonyl (C=O) groups excluding carboxylic acids is 1. The Bertz CT molecular complexity index is 808. The summed E-state index contributed by atoms with van der Waals surface area (Å²) in [6.45, 7) is 4.23.